The molecule has 4 aliphatic rings. The first-order valence-corrected chi connectivity index (χ1v) is 13.2. The van der Waals surface area contributed by atoms with Gasteiger partial charge in [-0.3, -0.25) is 19.2 Å². The first kappa shape index (κ1) is 27.2. The van der Waals surface area contributed by atoms with Crippen LogP contribution in [0.3, 0.4) is 0 Å². The molecule has 2 N–H and O–H groups in total. The molecule has 0 saturated carbocycles. The number of fused-ring (bicyclic) bond motifs is 2. The van der Waals surface area contributed by atoms with Gasteiger partial charge < -0.3 is 25.0 Å². The number of hydrogen-bond acceptors (Lipinski definition) is 8. The molecule has 2 aromatic rings. The Balaban J connectivity index is 0.000000162. The molecule has 0 unspecified atom stereocenters. The number of benzene rings is 2. The van der Waals surface area contributed by atoms with E-state index in [0.29, 0.717) is 57.6 Å². The van der Waals surface area contributed by atoms with Gasteiger partial charge in [-0.05, 0) is 60.3 Å². The van der Waals surface area contributed by atoms with Crippen LogP contribution in [0.5, 0.6) is 11.5 Å². The Morgan fingerprint density at radius 1 is 0.825 bits per heavy atom. The second kappa shape index (κ2) is 11.8. The Hall–Kier alpha value is -4.41. The lowest BCUT2D eigenvalue weighted by Crippen LogP contribution is -2.26. The summed E-state index contributed by atoms with van der Waals surface area (Å²) >= 11 is 0. The summed E-state index contributed by atoms with van der Waals surface area (Å²) in [6.07, 6.45) is 1.60. The normalized spacial score (nSPS) is 21.5. The molecule has 0 spiro atoms. The highest BCUT2D eigenvalue weighted by atomic mass is 16.5. The third-order valence-corrected chi connectivity index (χ3v) is 7.41. The molecule has 2 atom stereocenters. The summed E-state index contributed by atoms with van der Waals surface area (Å²) in [6.45, 7) is 2.29. The van der Waals surface area contributed by atoms with Crippen molar-refractivity contribution < 1.29 is 28.7 Å². The number of amides is 2. The molecule has 4 aliphatic heterocycles. The van der Waals surface area contributed by atoms with E-state index in [0.717, 1.165) is 28.3 Å². The molecule has 0 aliphatic carbocycles. The van der Waals surface area contributed by atoms with Crippen LogP contribution in [0, 0.1) is 11.8 Å². The van der Waals surface area contributed by atoms with E-state index in [4.69, 9.17) is 20.7 Å². The lowest BCUT2D eigenvalue weighted by atomic mass is 10.0. The monoisotopic (exact) mass is 546 g/mol. The third-order valence-electron chi connectivity index (χ3n) is 7.41. The van der Waals surface area contributed by atoms with Crippen LogP contribution in [-0.2, 0) is 32.0 Å². The van der Waals surface area contributed by atoms with Gasteiger partial charge in [0.25, 0.3) is 0 Å². The van der Waals surface area contributed by atoms with Crippen molar-refractivity contribution in [3.05, 3.63) is 58.0 Å². The Kier molecular flexibility index (Phi) is 7.99. The van der Waals surface area contributed by atoms with Crippen LogP contribution in [0.4, 0.5) is 11.4 Å². The maximum Gasteiger partial charge on any atom is 0.227 e. The van der Waals surface area contributed by atoms with Crippen molar-refractivity contribution in [2.24, 2.45) is 22.7 Å². The summed E-state index contributed by atoms with van der Waals surface area (Å²) in [4.78, 5) is 53.0. The molecule has 40 heavy (non-hydrogen) atoms. The van der Waals surface area contributed by atoms with Gasteiger partial charge in [-0.2, -0.15) is 0 Å². The first-order chi connectivity index (χ1) is 19.3. The molecular weight excluding hydrogens is 516 g/mol. The zero-order valence-electron chi connectivity index (χ0n) is 22.0. The van der Waals surface area contributed by atoms with Gasteiger partial charge in [0.15, 0.2) is 11.6 Å². The zero-order valence-corrected chi connectivity index (χ0v) is 22.0. The minimum atomic E-state index is 0.0103. The summed E-state index contributed by atoms with van der Waals surface area (Å²) < 4.78 is 10.7. The minimum absolute atomic E-state index is 0.0103. The fraction of sp³-hybridized carbons (Fsp3) is 0.429. The molecule has 2 aromatic carbocycles. The summed E-state index contributed by atoms with van der Waals surface area (Å²) in [5.41, 5.74) is 17.2. The first-order valence-electron chi connectivity index (χ1n) is 13.2. The molecule has 2 amide bonds. The van der Waals surface area contributed by atoms with E-state index >= 15 is 0 Å². The second-order valence-corrected chi connectivity index (χ2v) is 10.4. The topological polar surface area (TPSA) is 168 Å². The molecule has 12 nitrogen and oxygen atoms in total. The van der Waals surface area contributed by atoms with Crippen molar-refractivity contribution in [1.29, 1.82) is 0 Å². The smallest absolute Gasteiger partial charge is 0.227 e. The highest BCUT2D eigenvalue weighted by Crippen LogP contribution is 2.33. The average molecular weight is 547 g/mol. The highest BCUT2D eigenvalue weighted by molar-refractivity contribution is 5.97. The lowest BCUT2D eigenvalue weighted by Gasteiger charge is -2.21. The number of Topliss-reactive ketones (excluding diaryl/α,β-unsaturated/α-hetero) is 2. The van der Waals surface area contributed by atoms with E-state index in [-0.39, 0.29) is 48.4 Å². The van der Waals surface area contributed by atoms with Crippen LogP contribution in [0.2, 0.25) is 0 Å². The molecule has 12 heteroatoms. The van der Waals surface area contributed by atoms with Gasteiger partial charge in [0.2, 0.25) is 11.8 Å². The number of hydrogen-bond donors (Lipinski definition) is 1. The van der Waals surface area contributed by atoms with E-state index in [2.05, 4.69) is 10.0 Å². The Morgan fingerprint density at radius 3 is 1.80 bits per heavy atom. The fourth-order valence-corrected chi connectivity index (χ4v) is 5.36. The van der Waals surface area contributed by atoms with Crippen LogP contribution >= 0.6 is 0 Å². The molecular formula is C28H30N6O6. The number of carbonyl (C=O) groups excluding carboxylic acids is 4. The van der Waals surface area contributed by atoms with Crippen LogP contribution < -0.4 is 25.0 Å². The van der Waals surface area contributed by atoms with Crippen LogP contribution in [-0.4, -0.2) is 62.8 Å². The molecule has 6 rings (SSSR count). The largest absolute Gasteiger partial charge is 0.486 e. The highest BCUT2D eigenvalue weighted by Gasteiger charge is 2.32. The third kappa shape index (κ3) is 5.93. The Bertz CT molecular complexity index is 1400. The predicted molar refractivity (Wildman–Crippen MR) is 145 cm³/mol. The van der Waals surface area contributed by atoms with Gasteiger partial charge in [0, 0.05) is 72.7 Å². The van der Waals surface area contributed by atoms with Gasteiger partial charge in [-0.25, -0.2) is 0 Å². The number of nitrogens with two attached hydrogens (primary N) is 1. The van der Waals surface area contributed by atoms with E-state index < -0.39 is 0 Å². The lowest BCUT2D eigenvalue weighted by molar-refractivity contribution is -0.122. The van der Waals surface area contributed by atoms with Gasteiger partial charge >= 0.3 is 0 Å². The summed E-state index contributed by atoms with van der Waals surface area (Å²) in [7, 11) is 0. The van der Waals surface area contributed by atoms with E-state index in [1.54, 1.807) is 15.9 Å². The van der Waals surface area contributed by atoms with Crippen LogP contribution in [0.15, 0.2) is 41.5 Å². The fourth-order valence-electron chi connectivity index (χ4n) is 5.36. The van der Waals surface area contributed by atoms with Gasteiger partial charge in [-0.1, -0.05) is 5.11 Å². The van der Waals surface area contributed by atoms with Gasteiger partial charge in [-0.15, -0.1) is 0 Å². The molecule has 0 aromatic heterocycles. The number of rotatable bonds is 5. The van der Waals surface area contributed by atoms with Crippen molar-refractivity contribution in [2.75, 3.05) is 49.2 Å². The SMILES string of the molecule is NC[C@H]1CC(=O)N(c2ccc3c(c2)CC(=O)CO3)C1.[N-]=[N+]=NC[C@H]1CC(=O)N(c2ccc3c(c2)CC(=O)CO3)C1. The molecule has 4 heterocycles. The maximum absolute atomic E-state index is 12.1. The number of anilines is 2. The zero-order chi connectivity index (χ0) is 28.2. The van der Waals surface area contributed by atoms with Crippen LogP contribution in [0.25, 0.3) is 10.4 Å². The van der Waals surface area contributed by atoms with Crippen molar-refractivity contribution in [3.8, 4) is 11.5 Å². The Labute approximate surface area is 230 Å². The molecule has 208 valence electrons. The summed E-state index contributed by atoms with van der Waals surface area (Å²) in [5.74, 6) is 1.92. The summed E-state index contributed by atoms with van der Waals surface area (Å²) in [5, 5.41) is 3.53. The maximum atomic E-state index is 12.1. The molecule has 0 radical (unpaired) electrons. The number of ether oxygens (including phenoxy) is 2. The number of carbonyl (C=O) groups is 4. The summed E-state index contributed by atoms with van der Waals surface area (Å²) in [6, 6.07) is 11.0. The van der Waals surface area contributed by atoms with E-state index in [1.807, 2.05) is 30.3 Å². The van der Waals surface area contributed by atoms with E-state index in [9.17, 15) is 19.2 Å². The molecule has 2 saturated heterocycles. The van der Waals surface area contributed by atoms with Crippen molar-refractivity contribution in [3.63, 3.8) is 0 Å². The van der Waals surface area contributed by atoms with Gasteiger partial charge in [0.05, 0.1) is 0 Å². The number of ketones is 2. The molecule has 2 fully saturated rings. The Morgan fingerprint density at radius 2 is 1.32 bits per heavy atom. The standard InChI is InChI=1S/C14H14N4O3.C14H16N2O3/c15-17-16-6-9-3-14(20)18(7-9)11-1-2-13-10(4-11)5-12(19)8-21-13;15-6-9-3-14(18)16(7-9)11-1-2-13-10(4-11)5-12(17)8-19-13/h1-2,4,9H,3,5-8H2;1-2,4,9H,3,5-8,15H2/t2*9-/m11/s1. The number of azide groups is 1. The van der Waals surface area contributed by atoms with Gasteiger partial charge in [0.1, 0.15) is 24.7 Å². The second-order valence-electron chi connectivity index (χ2n) is 10.4. The minimum Gasteiger partial charge on any atom is -0.486 e. The van der Waals surface area contributed by atoms with Crippen molar-refractivity contribution in [1.82, 2.24) is 0 Å². The van der Waals surface area contributed by atoms with E-state index in [1.165, 1.54) is 0 Å². The quantitative estimate of drug-likeness (QED) is 0.341. The van der Waals surface area contributed by atoms with Crippen molar-refractivity contribution in [2.45, 2.75) is 25.7 Å². The number of nitrogens with zero attached hydrogens (tertiary/aromatic N) is 5. The van der Waals surface area contributed by atoms with Crippen molar-refractivity contribution >= 4 is 34.8 Å². The van der Waals surface area contributed by atoms with Crippen LogP contribution in [0.1, 0.15) is 24.0 Å². The predicted octanol–water partition coefficient (Wildman–Crippen LogP) is 2.36. The molecule has 0 bridgehead atoms. The average Bonchev–Trinajstić information content (AvgIpc) is 3.52.